The zero-order valence-electron chi connectivity index (χ0n) is 18.1. The minimum Gasteiger partial charge on any atom is -0.381 e. The summed E-state index contributed by atoms with van der Waals surface area (Å²) in [6, 6.07) is 6.65. The van der Waals surface area contributed by atoms with Crippen molar-refractivity contribution < 1.29 is 4.74 Å². The molecule has 6 nitrogen and oxygen atoms in total. The SMILES string of the molecule is CCNC(=NCc1ccc2[nH]c(C)c(C)c2c1)N1CCN(CC2CCOC2)CC1. The smallest absolute Gasteiger partial charge is 0.194 e. The van der Waals surface area contributed by atoms with Gasteiger partial charge in [0.25, 0.3) is 0 Å². The highest BCUT2D eigenvalue weighted by atomic mass is 16.5. The number of hydrogen-bond acceptors (Lipinski definition) is 3. The van der Waals surface area contributed by atoms with Gasteiger partial charge < -0.3 is 19.9 Å². The normalized spacial score (nSPS) is 21.3. The Balaban J connectivity index is 1.38. The van der Waals surface area contributed by atoms with Crippen LogP contribution in [-0.4, -0.2) is 73.2 Å². The Morgan fingerprint density at radius 3 is 2.79 bits per heavy atom. The number of aromatic nitrogens is 1. The van der Waals surface area contributed by atoms with E-state index in [2.05, 4.69) is 59.1 Å². The van der Waals surface area contributed by atoms with Crippen LogP contribution in [0.3, 0.4) is 0 Å². The fourth-order valence-electron chi connectivity index (χ4n) is 4.43. The van der Waals surface area contributed by atoms with Gasteiger partial charge in [-0.25, -0.2) is 4.99 Å². The molecule has 1 aromatic carbocycles. The van der Waals surface area contributed by atoms with Crippen LogP contribution in [0.1, 0.15) is 30.2 Å². The van der Waals surface area contributed by atoms with Crippen LogP contribution in [0.25, 0.3) is 10.9 Å². The summed E-state index contributed by atoms with van der Waals surface area (Å²) < 4.78 is 5.53. The molecule has 0 saturated carbocycles. The van der Waals surface area contributed by atoms with Crippen molar-refractivity contribution in [2.45, 2.75) is 33.7 Å². The average molecular weight is 398 g/mol. The number of ether oxygens (including phenoxy) is 1. The maximum Gasteiger partial charge on any atom is 0.194 e. The topological polar surface area (TPSA) is 55.9 Å². The molecular formula is C23H35N5O. The van der Waals surface area contributed by atoms with E-state index in [9.17, 15) is 0 Å². The van der Waals surface area contributed by atoms with Crippen LogP contribution in [0.4, 0.5) is 0 Å². The third kappa shape index (κ3) is 4.75. The average Bonchev–Trinajstić information content (AvgIpc) is 3.34. The second-order valence-corrected chi connectivity index (χ2v) is 8.44. The van der Waals surface area contributed by atoms with Gasteiger partial charge in [-0.1, -0.05) is 6.07 Å². The Labute approximate surface area is 174 Å². The minimum absolute atomic E-state index is 0.710. The molecule has 2 aliphatic heterocycles. The molecular weight excluding hydrogens is 362 g/mol. The molecule has 158 valence electrons. The number of fused-ring (bicyclic) bond motifs is 1. The third-order valence-electron chi connectivity index (χ3n) is 6.33. The molecule has 29 heavy (non-hydrogen) atoms. The van der Waals surface area contributed by atoms with E-state index >= 15 is 0 Å². The van der Waals surface area contributed by atoms with Crippen LogP contribution in [0, 0.1) is 19.8 Å². The van der Waals surface area contributed by atoms with Gasteiger partial charge in [-0.2, -0.15) is 0 Å². The lowest BCUT2D eigenvalue weighted by Gasteiger charge is -2.37. The summed E-state index contributed by atoms with van der Waals surface area (Å²) in [4.78, 5) is 13.4. The van der Waals surface area contributed by atoms with Gasteiger partial charge in [0, 0.05) is 62.5 Å². The van der Waals surface area contributed by atoms with Gasteiger partial charge in [0.15, 0.2) is 5.96 Å². The highest BCUT2D eigenvalue weighted by molar-refractivity contribution is 5.85. The van der Waals surface area contributed by atoms with Crippen LogP contribution in [0.2, 0.25) is 0 Å². The molecule has 2 saturated heterocycles. The summed E-state index contributed by atoms with van der Waals surface area (Å²) in [5, 5.41) is 4.80. The molecule has 1 unspecified atom stereocenters. The van der Waals surface area contributed by atoms with Crippen molar-refractivity contribution in [1.29, 1.82) is 0 Å². The molecule has 0 radical (unpaired) electrons. The number of nitrogens with one attached hydrogen (secondary N) is 2. The number of guanidine groups is 1. The number of rotatable bonds is 5. The monoisotopic (exact) mass is 397 g/mol. The molecule has 2 fully saturated rings. The molecule has 1 aromatic heterocycles. The highest BCUT2D eigenvalue weighted by Crippen LogP contribution is 2.23. The molecule has 0 bridgehead atoms. The van der Waals surface area contributed by atoms with Crippen molar-refractivity contribution in [3.05, 3.63) is 35.0 Å². The Hall–Kier alpha value is -2.05. The molecule has 2 N–H and O–H groups in total. The fraction of sp³-hybridized carbons (Fsp3) is 0.609. The second kappa shape index (κ2) is 9.18. The van der Waals surface area contributed by atoms with Crippen LogP contribution in [0.5, 0.6) is 0 Å². The van der Waals surface area contributed by atoms with Gasteiger partial charge in [-0.05, 0) is 56.4 Å². The molecule has 2 aliphatic rings. The summed E-state index contributed by atoms with van der Waals surface area (Å²) in [6.07, 6.45) is 1.22. The summed E-state index contributed by atoms with van der Waals surface area (Å²) in [6.45, 7) is 15.4. The van der Waals surface area contributed by atoms with Gasteiger partial charge >= 0.3 is 0 Å². The number of H-pyrrole nitrogens is 1. The summed E-state index contributed by atoms with van der Waals surface area (Å²) in [5.74, 6) is 1.76. The first-order valence-electron chi connectivity index (χ1n) is 11.0. The first kappa shape index (κ1) is 20.2. The highest BCUT2D eigenvalue weighted by Gasteiger charge is 2.24. The van der Waals surface area contributed by atoms with Gasteiger partial charge in [-0.3, -0.25) is 4.90 Å². The molecule has 2 aromatic rings. The number of hydrogen-bond donors (Lipinski definition) is 2. The van der Waals surface area contributed by atoms with Crippen LogP contribution in [0.15, 0.2) is 23.2 Å². The molecule has 0 spiro atoms. The maximum absolute atomic E-state index is 5.53. The number of benzene rings is 1. The van der Waals surface area contributed by atoms with E-state index in [1.165, 1.54) is 40.7 Å². The molecule has 6 heteroatoms. The van der Waals surface area contributed by atoms with Gasteiger partial charge in [0.05, 0.1) is 13.2 Å². The lowest BCUT2D eigenvalue weighted by molar-refractivity contribution is 0.139. The fourth-order valence-corrected chi connectivity index (χ4v) is 4.43. The first-order chi connectivity index (χ1) is 14.1. The number of nitrogens with zero attached hydrogens (tertiary/aromatic N) is 3. The van der Waals surface area contributed by atoms with E-state index in [0.717, 1.165) is 57.8 Å². The van der Waals surface area contributed by atoms with Crippen molar-refractivity contribution in [2.24, 2.45) is 10.9 Å². The van der Waals surface area contributed by atoms with Crippen molar-refractivity contribution >= 4 is 16.9 Å². The van der Waals surface area contributed by atoms with Gasteiger partial charge in [0.1, 0.15) is 0 Å². The number of aromatic amines is 1. The summed E-state index contributed by atoms with van der Waals surface area (Å²) in [5.41, 5.74) is 5.05. The predicted molar refractivity (Wildman–Crippen MR) is 120 cm³/mol. The van der Waals surface area contributed by atoms with E-state index in [1.54, 1.807) is 0 Å². The van der Waals surface area contributed by atoms with E-state index in [1.807, 2.05) is 0 Å². The second-order valence-electron chi connectivity index (χ2n) is 8.44. The van der Waals surface area contributed by atoms with Crippen molar-refractivity contribution in [1.82, 2.24) is 20.1 Å². The van der Waals surface area contributed by atoms with E-state index in [-0.39, 0.29) is 0 Å². The molecule has 0 aliphatic carbocycles. The summed E-state index contributed by atoms with van der Waals surface area (Å²) >= 11 is 0. The molecule has 0 amide bonds. The standard InChI is InChI=1S/C23H35N5O/c1-4-24-23(28-10-8-27(9-11-28)15-20-7-12-29-16-20)25-14-19-5-6-22-21(13-19)17(2)18(3)26-22/h5-6,13,20,26H,4,7-12,14-16H2,1-3H3,(H,24,25). The zero-order valence-corrected chi connectivity index (χ0v) is 18.1. The number of aryl methyl sites for hydroxylation is 2. The lowest BCUT2D eigenvalue weighted by Crippen LogP contribution is -2.53. The Morgan fingerprint density at radius 1 is 1.24 bits per heavy atom. The van der Waals surface area contributed by atoms with E-state index in [0.29, 0.717) is 6.54 Å². The van der Waals surface area contributed by atoms with Gasteiger partial charge in [0.2, 0.25) is 0 Å². The van der Waals surface area contributed by atoms with Crippen LogP contribution >= 0.6 is 0 Å². The number of piperazine rings is 1. The zero-order chi connectivity index (χ0) is 20.2. The third-order valence-corrected chi connectivity index (χ3v) is 6.33. The Kier molecular flexibility index (Phi) is 6.40. The van der Waals surface area contributed by atoms with Crippen LogP contribution in [-0.2, 0) is 11.3 Å². The van der Waals surface area contributed by atoms with Crippen molar-refractivity contribution in [3.63, 3.8) is 0 Å². The number of aliphatic imine (C=N–C) groups is 1. The first-order valence-corrected chi connectivity index (χ1v) is 11.0. The lowest BCUT2D eigenvalue weighted by atomic mass is 10.1. The minimum atomic E-state index is 0.710. The van der Waals surface area contributed by atoms with Crippen LogP contribution < -0.4 is 5.32 Å². The van der Waals surface area contributed by atoms with E-state index < -0.39 is 0 Å². The Morgan fingerprint density at radius 2 is 2.07 bits per heavy atom. The Bertz CT molecular complexity index is 844. The van der Waals surface area contributed by atoms with Crippen molar-refractivity contribution in [2.75, 3.05) is 52.5 Å². The molecule has 4 rings (SSSR count). The molecule has 3 heterocycles. The van der Waals surface area contributed by atoms with Crippen molar-refractivity contribution in [3.8, 4) is 0 Å². The quantitative estimate of drug-likeness (QED) is 0.602. The molecule has 1 atom stereocenters. The van der Waals surface area contributed by atoms with Gasteiger partial charge in [-0.15, -0.1) is 0 Å². The largest absolute Gasteiger partial charge is 0.381 e. The van der Waals surface area contributed by atoms with E-state index in [4.69, 9.17) is 9.73 Å². The summed E-state index contributed by atoms with van der Waals surface area (Å²) in [7, 11) is 0. The maximum atomic E-state index is 5.53. The predicted octanol–water partition coefficient (Wildman–Crippen LogP) is 2.90.